The van der Waals surface area contributed by atoms with Crippen LogP contribution in [0.1, 0.15) is 36.5 Å². The van der Waals surface area contributed by atoms with Crippen LogP contribution in [-0.4, -0.2) is 24.5 Å². The zero-order valence-electron chi connectivity index (χ0n) is 28.7. The number of hydrogen-bond acceptors (Lipinski definition) is 6. The largest absolute Gasteiger partial charge is 2.00 e. The van der Waals surface area contributed by atoms with Crippen molar-refractivity contribution in [3.05, 3.63) is 151 Å². The molecule has 0 fully saturated rings. The second-order valence-corrected chi connectivity index (χ2v) is 12.5. The molecule has 9 heteroatoms. The molecular weight excluding hydrogens is 831 g/mol. The molecule has 0 aliphatic rings. The van der Waals surface area contributed by atoms with Gasteiger partial charge in [0, 0.05) is 47.8 Å². The van der Waals surface area contributed by atoms with E-state index < -0.39 is 0 Å². The van der Waals surface area contributed by atoms with Crippen LogP contribution in [0.3, 0.4) is 0 Å². The van der Waals surface area contributed by atoms with Crippen LogP contribution in [0, 0.1) is 38.1 Å². The van der Waals surface area contributed by atoms with Crippen LogP contribution in [0.15, 0.2) is 110 Å². The van der Waals surface area contributed by atoms with E-state index in [4.69, 9.17) is 19.4 Å². The Kier molecular flexibility index (Phi) is 11.1. The van der Waals surface area contributed by atoms with Crippen LogP contribution in [0.25, 0.3) is 50.3 Å². The summed E-state index contributed by atoms with van der Waals surface area (Å²) in [5, 5.41) is 1.90. The van der Waals surface area contributed by atoms with Gasteiger partial charge in [0.15, 0.2) is 0 Å². The molecule has 0 saturated carbocycles. The van der Waals surface area contributed by atoms with Gasteiger partial charge < -0.3 is 24.0 Å². The quantitative estimate of drug-likeness (QED) is 0.112. The van der Waals surface area contributed by atoms with Gasteiger partial charge in [0.2, 0.25) is 5.95 Å². The zero-order valence-corrected chi connectivity index (χ0v) is 31.8. The zero-order chi connectivity index (χ0) is 34.2. The van der Waals surface area contributed by atoms with Gasteiger partial charge in [-0.1, -0.05) is 60.3 Å². The summed E-state index contributed by atoms with van der Waals surface area (Å²) in [5.41, 5.74) is 8.16. The van der Waals surface area contributed by atoms with Crippen LogP contribution in [0.4, 0.5) is 0 Å². The second-order valence-electron chi connectivity index (χ2n) is 12.5. The van der Waals surface area contributed by atoms with Gasteiger partial charge in [-0.2, -0.15) is 22.9 Å². The fraction of sp³-hybridized carbons (Fsp3) is 0.116. The molecule has 0 aliphatic carbocycles. The van der Waals surface area contributed by atoms with Gasteiger partial charge in [-0.25, -0.2) is 9.97 Å². The number of benzene rings is 4. The molecule has 4 heterocycles. The molecule has 260 valence electrons. The van der Waals surface area contributed by atoms with Crippen molar-refractivity contribution in [2.24, 2.45) is 0 Å². The molecule has 0 aliphatic heterocycles. The molecule has 0 unspecified atom stereocenters. The van der Waals surface area contributed by atoms with E-state index in [0.29, 0.717) is 34.9 Å². The summed E-state index contributed by atoms with van der Waals surface area (Å²) in [6.45, 7) is 8.33. The van der Waals surface area contributed by atoms with E-state index in [9.17, 15) is 0 Å². The number of ether oxygens (including phenoxy) is 2. The van der Waals surface area contributed by atoms with Crippen LogP contribution in [0.2, 0.25) is 0 Å². The molecule has 0 saturated heterocycles. The van der Waals surface area contributed by atoms with E-state index in [1.165, 1.54) is 0 Å². The SMILES string of the molecule is Cc1ccnc(-c2[c-]c(Oc3[c-]c4c(cc3)c3ccc(Oc5[c-]c(-c6cc(C)ccn6)ccc5)[c-]c3n4-c3ncc(C(C)C)cn3)ccc2)c1.[Pd+2].[Pd+2]. The van der Waals surface area contributed by atoms with Gasteiger partial charge in [0.1, 0.15) is 0 Å². The smallest absolute Gasteiger partial charge is 0.503 e. The van der Waals surface area contributed by atoms with Crippen molar-refractivity contribution in [3.63, 3.8) is 0 Å². The Hall–Kier alpha value is -5.02. The molecule has 4 aromatic carbocycles. The number of nitrogens with zero attached hydrogens (tertiary/aromatic N) is 5. The van der Waals surface area contributed by atoms with Crippen molar-refractivity contribution in [2.75, 3.05) is 0 Å². The Morgan fingerprint density at radius 1 is 0.558 bits per heavy atom. The number of aryl methyl sites for hydroxylation is 2. The molecule has 0 amide bonds. The molecule has 0 radical (unpaired) electrons. The van der Waals surface area contributed by atoms with Gasteiger partial charge in [0.25, 0.3) is 0 Å². The molecule has 7 nitrogen and oxygen atoms in total. The summed E-state index contributed by atoms with van der Waals surface area (Å²) in [6, 6.07) is 41.1. The summed E-state index contributed by atoms with van der Waals surface area (Å²) in [4.78, 5) is 18.6. The third-order valence-electron chi connectivity index (χ3n) is 8.42. The molecule has 8 aromatic rings. The van der Waals surface area contributed by atoms with E-state index >= 15 is 0 Å². The van der Waals surface area contributed by atoms with E-state index in [0.717, 1.165) is 61.0 Å². The van der Waals surface area contributed by atoms with Crippen LogP contribution in [-0.2, 0) is 40.8 Å². The molecule has 52 heavy (non-hydrogen) atoms. The third kappa shape index (κ3) is 7.60. The topological polar surface area (TPSA) is 75.0 Å². The van der Waals surface area contributed by atoms with Gasteiger partial charge >= 0.3 is 40.8 Å². The Morgan fingerprint density at radius 3 is 1.46 bits per heavy atom. The minimum atomic E-state index is 0. The van der Waals surface area contributed by atoms with Crippen molar-refractivity contribution < 1.29 is 50.3 Å². The third-order valence-corrected chi connectivity index (χ3v) is 8.42. The number of rotatable bonds is 8. The van der Waals surface area contributed by atoms with E-state index in [2.05, 4.69) is 48.1 Å². The summed E-state index contributed by atoms with van der Waals surface area (Å²) < 4.78 is 14.6. The van der Waals surface area contributed by atoms with Gasteiger partial charge in [-0.15, -0.1) is 71.8 Å². The van der Waals surface area contributed by atoms with E-state index in [-0.39, 0.29) is 40.8 Å². The van der Waals surface area contributed by atoms with Gasteiger partial charge in [-0.3, -0.25) is 0 Å². The van der Waals surface area contributed by atoms with Crippen molar-refractivity contribution >= 4 is 21.8 Å². The summed E-state index contributed by atoms with van der Waals surface area (Å²) >= 11 is 0. The Morgan fingerprint density at radius 2 is 1.02 bits per heavy atom. The predicted molar refractivity (Wildman–Crippen MR) is 195 cm³/mol. The van der Waals surface area contributed by atoms with Crippen molar-refractivity contribution in [1.29, 1.82) is 0 Å². The van der Waals surface area contributed by atoms with E-state index in [1.807, 2.05) is 116 Å². The monoisotopic (exact) mass is 861 g/mol. The number of pyridine rings is 2. The molecular formula is C43H31N5O2Pd2. The maximum absolute atomic E-state index is 6.34. The normalized spacial score (nSPS) is 10.9. The fourth-order valence-corrected chi connectivity index (χ4v) is 5.81. The fourth-order valence-electron chi connectivity index (χ4n) is 5.81. The first-order chi connectivity index (χ1) is 24.4. The van der Waals surface area contributed by atoms with Crippen molar-refractivity contribution in [3.8, 4) is 51.5 Å². The molecule has 0 atom stereocenters. The molecule has 0 spiro atoms. The molecule has 8 rings (SSSR count). The van der Waals surface area contributed by atoms with Gasteiger partial charge in [0.05, 0.1) is 0 Å². The summed E-state index contributed by atoms with van der Waals surface area (Å²) in [5.74, 6) is 2.96. The number of fused-ring (bicyclic) bond motifs is 3. The average Bonchev–Trinajstić information content (AvgIpc) is 3.44. The van der Waals surface area contributed by atoms with Crippen molar-refractivity contribution in [1.82, 2.24) is 24.5 Å². The Labute approximate surface area is 330 Å². The predicted octanol–water partition coefficient (Wildman–Crippen LogP) is 10.2. The van der Waals surface area contributed by atoms with Crippen LogP contribution < -0.4 is 9.47 Å². The minimum absolute atomic E-state index is 0. The maximum atomic E-state index is 6.34. The first-order valence-corrected chi connectivity index (χ1v) is 16.4. The number of hydrogen-bond donors (Lipinski definition) is 0. The van der Waals surface area contributed by atoms with Gasteiger partial charge in [-0.05, 0) is 48.8 Å². The Bertz CT molecular complexity index is 2370. The minimum Gasteiger partial charge on any atom is -0.503 e. The van der Waals surface area contributed by atoms with E-state index in [1.54, 1.807) is 12.4 Å². The maximum Gasteiger partial charge on any atom is 2.00 e. The molecule has 0 N–H and O–H groups in total. The Balaban J connectivity index is 0.00000232. The average molecular weight is 863 g/mol. The first kappa shape index (κ1) is 36.8. The summed E-state index contributed by atoms with van der Waals surface area (Å²) in [7, 11) is 0. The van der Waals surface area contributed by atoms with Crippen molar-refractivity contribution in [2.45, 2.75) is 33.6 Å². The van der Waals surface area contributed by atoms with Crippen LogP contribution >= 0.6 is 0 Å². The second kappa shape index (κ2) is 15.7. The molecule has 0 bridgehead atoms. The summed E-state index contributed by atoms with van der Waals surface area (Å²) in [6.07, 6.45) is 7.33. The standard InChI is InChI=1S/C43H31N5O2.2Pd/c1-27(2)32-25-46-43(47-26-32)48-41-23-35(49-33-9-5-7-30(21-33)39-19-28(3)15-17-44-39)11-13-37(41)38-14-12-36(24-42(38)48)50-34-10-6-8-31(22-34)40-20-29(4)16-18-45-40;;/h5-20,25-27H,1-4H3;;/q-4;2*+2. The number of aromatic nitrogens is 5. The first-order valence-electron chi connectivity index (χ1n) is 16.4. The molecule has 4 aromatic heterocycles. The van der Waals surface area contributed by atoms with Crippen LogP contribution in [0.5, 0.6) is 23.0 Å².